The molecule has 1 atom stereocenters. The summed E-state index contributed by atoms with van der Waals surface area (Å²) in [5.41, 5.74) is 1.74. The number of anilines is 1. The largest absolute Gasteiger partial charge is 0.380 e. The van der Waals surface area contributed by atoms with Gasteiger partial charge in [-0.1, -0.05) is 6.07 Å². The number of ether oxygens (including phenoxy) is 1. The van der Waals surface area contributed by atoms with Crippen LogP contribution in [0.1, 0.15) is 24.9 Å². The van der Waals surface area contributed by atoms with E-state index in [-0.39, 0.29) is 11.9 Å². The van der Waals surface area contributed by atoms with Crippen LogP contribution in [0, 0.1) is 5.82 Å². The fourth-order valence-corrected chi connectivity index (χ4v) is 2.36. The molecule has 0 aliphatic carbocycles. The molecule has 0 radical (unpaired) electrons. The minimum atomic E-state index is -0.139. The minimum absolute atomic E-state index is 0.00497. The SMILES string of the molecule is CNC(C)c1c(F)cccc1N1CCCOCC1. The predicted octanol–water partition coefficient (Wildman–Crippen LogP) is 2.33. The molecule has 0 spiro atoms. The molecule has 1 N–H and O–H groups in total. The topological polar surface area (TPSA) is 24.5 Å². The molecule has 1 saturated heterocycles. The highest BCUT2D eigenvalue weighted by molar-refractivity contribution is 5.55. The Morgan fingerprint density at radius 3 is 2.94 bits per heavy atom. The van der Waals surface area contributed by atoms with Crippen LogP contribution in [0.3, 0.4) is 0 Å². The van der Waals surface area contributed by atoms with E-state index in [0.717, 1.165) is 37.4 Å². The normalized spacial score (nSPS) is 18.5. The summed E-state index contributed by atoms with van der Waals surface area (Å²) in [4.78, 5) is 2.22. The quantitative estimate of drug-likeness (QED) is 0.893. The molecule has 0 bridgehead atoms. The standard InChI is InChI=1S/C14H21FN2O/c1-11(16-2)14-12(15)5-3-6-13(14)17-7-4-9-18-10-8-17/h3,5-6,11,16H,4,7-10H2,1-2H3. The molecule has 100 valence electrons. The number of halogens is 1. The zero-order chi connectivity index (χ0) is 13.0. The van der Waals surface area contributed by atoms with E-state index in [4.69, 9.17) is 4.74 Å². The zero-order valence-electron chi connectivity index (χ0n) is 11.1. The Morgan fingerprint density at radius 2 is 2.17 bits per heavy atom. The van der Waals surface area contributed by atoms with E-state index in [0.29, 0.717) is 6.61 Å². The summed E-state index contributed by atoms with van der Waals surface area (Å²) in [6, 6.07) is 5.31. The lowest BCUT2D eigenvalue weighted by molar-refractivity contribution is 0.152. The molecule has 1 unspecified atom stereocenters. The van der Waals surface area contributed by atoms with Crippen LogP contribution in [-0.2, 0) is 4.74 Å². The van der Waals surface area contributed by atoms with Crippen molar-refractivity contribution in [3.63, 3.8) is 0 Å². The number of nitrogens with one attached hydrogen (secondary N) is 1. The van der Waals surface area contributed by atoms with E-state index in [1.807, 2.05) is 20.0 Å². The van der Waals surface area contributed by atoms with Crippen LogP contribution in [0.5, 0.6) is 0 Å². The first-order chi connectivity index (χ1) is 8.74. The van der Waals surface area contributed by atoms with Crippen LogP contribution in [-0.4, -0.2) is 33.4 Å². The van der Waals surface area contributed by atoms with Gasteiger partial charge in [0.15, 0.2) is 0 Å². The average Bonchev–Trinajstić information content (AvgIpc) is 2.66. The summed E-state index contributed by atoms with van der Waals surface area (Å²) in [6.45, 7) is 5.24. The second-order valence-corrected chi connectivity index (χ2v) is 4.64. The molecule has 2 rings (SSSR count). The Kier molecular flexibility index (Phi) is 4.55. The third-order valence-corrected chi connectivity index (χ3v) is 3.46. The molecule has 1 aromatic rings. The lowest BCUT2D eigenvalue weighted by Gasteiger charge is -2.27. The molecule has 1 aliphatic heterocycles. The van der Waals surface area contributed by atoms with Gasteiger partial charge in [0.1, 0.15) is 5.82 Å². The Balaban J connectivity index is 2.33. The fraction of sp³-hybridized carbons (Fsp3) is 0.571. The van der Waals surface area contributed by atoms with Crippen LogP contribution >= 0.6 is 0 Å². The highest BCUT2D eigenvalue weighted by Gasteiger charge is 2.19. The third kappa shape index (κ3) is 2.82. The van der Waals surface area contributed by atoms with Crippen molar-refractivity contribution in [1.29, 1.82) is 0 Å². The summed E-state index contributed by atoms with van der Waals surface area (Å²) < 4.78 is 19.5. The van der Waals surface area contributed by atoms with Crippen molar-refractivity contribution in [2.45, 2.75) is 19.4 Å². The van der Waals surface area contributed by atoms with Crippen molar-refractivity contribution >= 4 is 5.69 Å². The van der Waals surface area contributed by atoms with E-state index in [9.17, 15) is 4.39 Å². The van der Waals surface area contributed by atoms with Gasteiger partial charge >= 0.3 is 0 Å². The molecule has 1 aliphatic rings. The summed E-state index contributed by atoms with van der Waals surface area (Å²) in [6.07, 6.45) is 0.990. The van der Waals surface area contributed by atoms with Gasteiger partial charge < -0.3 is 15.0 Å². The lowest BCUT2D eigenvalue weighted by Crippen LogP contribution is -2.29. The monoisotopic (exact) mass is 252 g/mol. The van der Waals surface area contributed by atoms with Gasteiger partial charge in [-0.3, -0.25) is 0 Å². The second kappa shape index (κ2) is 6.16. The van der Waals surface area contributed by atoms with Crippen molar-refractivity contribution in [2.75, 3.05) is 38.3 Å². The number of nitrogens with zero attached hydrogens (tertiary/aromatic N) is 1. The zero-order valence-corrected chi connectivity index (χ0v) is 11.1. The van der Waals surface area contributed by atoms with E-state index < -0.39 is 0 Å². The van der Waals surface area contributed by atoms with E-state index in [1.165, 1.54) is 6.07 Å². The Labute approximate surface area is 108 Å². The van der Waals surface area contributed by atoms with Gasteiger partial charge in [0.2, 0.25) is 0 Å². The molecular formula is C14H21FN2O. The molecule has 0 aromatic heterocycles. The predicted molar refractivity (Wildman–Crippen MR) is 71.5 cm³/mol. The van der Waals surface area contributed by atoms with E-state index >= 15 is 0 Å². The van der Waals surface area contributed by atoms with Gasteiger partial charge in [-0.25, -0.2) is 4.39 Å². The van der Waals surface area contributed by atoms with Crippen LogP contribution in [0.15, 0.2) is 18.2 Å². The number of hydrogen-bond acceptors (Lipinski definition) is 3. The molecule has 18 heavy (non-hydrogen) atoms. The molecule has 4 heteroatoms. The van der Waals surface area contributed by atoms with Crippen LogP contribution < -0.4 is 10.2 Å². The van der Waals surface area contributed by atoms with Crippen molar-refractivity contribution in [3.05, 3.63) is 29.6 Å². The maximum atomic E-state index is 14.0. The molecule has 1 aromatic carbocycles. The molecule has 3 nitrogen and oxygen atoms in total. The minimum Gasteiger partial charge on any atom is -0.380 e. The van der Waals surface area contributed by atoms with Crippen LogP contribution in [0.4, 0.5) is 10.1 Å². The average molecular weight is 252 g/mol. The highest BCUT2D eigenvalue weighted by Crippen LogP contribution is 2.29. The molecule has 0 saturated carbocycles. The first-order valence-electron chi connectivity index (χ1n) is 6.52. The Hall–Kier alpha value is -1.13. The van der Waals surface area contributed by atoms with Crippen LogP contribution in [0.25, 0.3) is 0 Å². The summed E-state index contributed by atoms with van der Waals surface area (Å²) in [5.74, 6) is -0.139. The number of benzene rings is 1. The third-order valence-electron chi connectivity index (χ3n) is 3.46. The lowest BCUT2D eigenvalue weighted by atomic mass is 10.0. The van der Waals surface area contributed by atoms with Gasteiger partial charge in [-0.2, -0.15) is 0 Å². The molecular weight excluding hydrogens is 231 g/mol. The molecule has 1 heterocycles. The first kappa shape index (κ1) is 13.3. The Morgan fingerprint density at radius 1 is 1.33 bits per heavy atom. The van der Waals surface area contributed by atoms with Gasteiger partial charge in [-0.15, -0.1) is 0 Å². The fourth-order valence-electron chi connectivity index (χ4n) is 2.36. The van der Waals surface area contributed by atoms with Crippen LogP contribution in [0.2, 0.25) is 0 Å². The van der Waals surface area contributed by atoms with E-state index in [1.54, 1.807) is 6.07 Å². The molecule has 1 fully saturated rings. The van der Waals surface area contributed by atoms with Gasteiger partial charge in [0.05, 0.1) is 6.61 Å². The smallest absolute Gasteiger partial charge is 0.130 e. The molecule has 0 amide bonds. The van der Waals surface area contributed by atoms with Gasteiger partial charge in [0, 0.05) is 37.0 Å². The van der Waals surface area contributed by atoms with E-state index in [2.05, 4.69) is 10.2 Å². The number of hydrogen-bond donors (Lipinski definition) is 1. The van der Waals surface area contributed by atoms with Gasteiger partial charge in [0.25, 0.3) is 0 Å². The van der Waals surface area contributed by atoms with Gasteiger partial charge in [-0.05, 0) is 32.5 Å². The van der Waals surface area contributed by atoms with Crippen molar-refractivity contribution in [1.82, 2.24) is 5.32 Å². The second-order valence-electron chi connectivity index (χ2n) is 4.64. The summed E-state index contributed by atoms with van der Waals surface area (Å²) in [7, 11) is 1.85. The summed E-state index contributed by atoms with van der Waals surface area (Å²) in [5, 5.41) is 3.12. The highest BCUT2D eigenvalue weighted by atomic mass is 19.1. The Bertz CT molecular complexity index is 389. The van der Waals surface area contributed by atoms with Crippen molar-refractivity contribution in [3.8, 4) is 0 Å². The first-order valence-corrected chi connectivity index (χ1v) is 6.52. The summed E-state index contributed by atoms with van der Waals surface area (Å²) >= 11 is 0. The van der Waals surface area contributed by atoms with Crippen molar-refractivity contribution < 1.29 is 9.13 Å². The maximum Gasteiger partial charge on any atom is 0.130 e. The number of rotatable bonds is 3. The maximum absolute atomic E-state index is 14.0. The van der Waals surface area contributed by atoms with Crippen molar-refractivity contribution in [2.24, 2.45) is 0 Å².